The lowest BCUT2D eigenvalue weighted by molar-refractivity contribution is -0.164. The second-order valence-electron chi connectivity index (χ2n) is 6.49. The van der Waals surface area contributed by atoms with Gasteiger partial charge < -0.3 is 19.5 Å². The van der Waals surface area contributed by atoms with Gasteiger partial charge in [0.15, 0.2) is 6.10 Å². The molecule has 3 atom stereocenters. The van der Waals surface area contributed by atoms with Crippen molar-refractivity contribution in [3.63, 3.8) is 0 Å². The smallest absolute Gasteiger partial charge is 0.255 e. The van der Waals surface area contributed by atoms with E-state index >= 15 is 0 Å². The number of benzene rings is 1. The SMILES string of the molecule is COCCNS(=O)(=O)Cc1cccc(NC(=O)C2COC3C=CC=CC3O2)c1. The second-order valence-corrected chi connectivity index (χ2v) is 8.30. The van der Waals surface area contributed by atoms with E-state index in [9.17, 15) is 13.2 Å². The van der Waals surface area contributed by atoms with Crippen molar-refractivity contribution in [1.82, 2.24) is 4.72 Å². The van der Waals surface area contributed by atoms with Crippen molar-refractivity contribution in [2.24, 2.45) is 0 Å². The van der Waals surface area contributed by atoms with Gasteiger partial charge in [-0.05, 0) is 17.7 Å². The normalized spacial score (nSPS) is 24.0. The van der Waals surface area contributed by atoms with Crippen LogP contribution >= 0.6 is 0 Å². The molecule has 0 aromatic heterocycles. The highest BCUT2D eigenvalue weighted by atomic mass is 32.2. The average molecular weight is 408 g/mol. The van der Waals surface area contributed by atoms with Gasteiger partial charge in [-0.15, -0.1) is 0 Å². The number of anilines is 1. The lowest BCUT2D eigenvalue weighted by Gasteiger charge is -2.34. The standard InChI is InChI=1S/C19H24N2O6S/c1-25-10-9-20-28(23,24)13-14-5-4-6-15(11-14)21-19(22)18-12-26-16-7-2-3-8-17(16)27-18/h2-8,11,16-18,20H,9-10,12-13H2,1H3,(H,21,22). The van der Waals surface area contributed by atoms with Crippen molar-refractivity contribution in [1.29, 1.82) is 0 Å². The number of carbonyl (C=O) groups excluding carboxylic acids is 1. The van der Waals surface area contributed by atoms with Crippen molar-refractivity contribution in [2.45, 2.75) is 24.1 Å². The van der Waals surface area contributed by atoms with Crippen LogP contribution in [-0.2, 0) is 34.8 Å². The number of ether oxygens (including phenoxy) is 3. The summed E-state index contributed by atoms with van der Waals surface area (Å²) in [4.78, 5) is 12.5. The molecule has 3 rings (SSSR count). The van der Waals surface area contributed by atoms with Gasteiger partial charge in [0.05, 0.1) is 19.0 Å². The Bertz CT molecular complexity index is 852. The van der Waals surface area contributed by atoms with Gasteiger partial charge in [0.25, 0.3) is 5.91 Å². The fourth-order valence-corrected chi connectivity index (χ4v) is 4.05. The maximum absolute atomic E-state index is 12.5. The van der Waals surface area contributed by atoms with E-state index < -0.39 is 16.1 Å². The number of methoxy groups -OCH3 is 1. The summed E-state index contributed by atoms with van der Waals surface area (Å²) in [5.41, 5.74) is 1.06. The van der Waals surface area contributed by atoms with Crippen molar-refractivity contribution in [3.05, 3.63) is 54.1 Å². The van der Waals surface area contributed by atoms with Crippen LogP contribution in [0.25, 0.3) is 0 Å². The molecule has 0 spiro atoms. The minimum atomic E-state index is -3.49. The van der Waals surface area contributed by atoms with Crippen LogP contribution in [0.5, 0.6) is 0 Å². The Kier molecular flexibility index (Phi) is 6.97. The first kappa shape index (κ1) is 20.7. The van der Waals surface area contributed by atoms with Crippen LogP contribution in [0.2, 0.25) is 0 Å². The molecule has 8 nitrogen and oxygen atoms in total. The molecule has 3 unspecified atom stereocenters. The average Bonchev–Trinajstić information content (AvgIpc) is 2.67. The maximum atomic E-state index is 12.5. The summed E-state index contributed by atoms with van der Waals surface area (Å²) in [6.45, 7) is 0.661. The first-order valence-electron chi connectivity index (χ1n) is 8.95. The van der Waals surface area contributed by atoms with Gasteiger partial charge in [0.2, 0.25) is 10.0 Å². The van der Waals surface area contributed by atoms with E-state index in [1.807, 2.05) is 24.3 Å². The van der Waals surface area contributed by atoms with Crippen LogP contribution in [0.15, 0.2) is 48.6 Å². The largest absolute Gasteiger partial charge is 0.383 e. The summed E-state index contributed by atoms with van der Waals surface area (Å²) in [5.74, 6) is -0.524. The van der Waals surface area contributed by atoms with Gasteiger partial charge in [0, 0.05) is 19.3 Å². The number of fused-ring (bicyclic) bond motifs is 1. The molecule has 1 aromatic rings. The molecule has 28 heavy (non-hydrogen) atoms. The monoisotopic (exact) mass is 408 g/mol. The fraction of sp³-hybridized carbons (Fsp3) is 0.421. The van der Waals surface area contributed by atoms with Crippen molar-refractivity contribution >= 4 is 21.6 Å². The van der Waals surface area contributed by atoms with Crippen LogP contribution < -0.4 is 10.0 Å². The zero-order chi connectivity index (χ0) is 20.0. The van der Waals surface area contributed by atoms with Gasteiger partial charge in [-0.25, -0.2) is 13.1 Å². The summed E-state index contributed by atoms with van der Waals surface area (Å²) in [6, 6.07) is 6.71. The molecular formula is C19H24N2O6S. The molecule has 0 radical (unpaired) electrons. The molecule has 1 amide bonds. The van der Waals surface area contributed by atoms with Crippen molar-refractivity contribution in [2.75, 3.05) is 32.2 Å². The summed E-state index contributed by atoms with van der Waals surface area (Å²) in [5, 5.41) is 2.76. The van der Waals surface area contributed by atoms with Gasteiger partial charge >= 0.3 is 0 Å². The van der Waals surface area contributed by atoms with E-state index in [0.29, 0.717) is 17.9 Å². The molecule has 2 aliphatic rings. The summed E-state index contributed by atoms with van der Waals surface area (Å²) in [7, 11) is -1.98. The highest BCUT2D eigenvalue weighted by Gasteiger charge is 2.33. The molecule has 1 fully saturated rings. The molecule has 1 aromatic carbocycles. The Morgan fingerprint density at radius 2 is 2.04 bits per heavy atom. The lowest BCUT2D eigenvalue weighted by atomic mass is 10.1. The number of hydrogen-bond donors (Lipinski definition) is 2. The minimum absolute atomic E-state index is 0.155. The minimum Gasteiger partial charge on any atom is -0.383 e. The predicted octanol–water partition coefficient (Wildman–Crippen LogP) is 0.969. The Morgan fingerprint density at radius 1 is 1.25 bits per heavy atom. The van der Waals surface area contributed by atoms with Crippen molar-refractivity contribution in [3.8, 4) is 0 Å². The Labute approximate surface area is 164 Å². The third-order valence-electron chi connectivity index (χ3n) is 4.27. The van der Waals surface area contributed by atoms with Crippen molar-refractivity contribution < 1.29 is 27.4 Å². The van der Waals surface area contributed by atoms with Gasteiger partial charge in [-0.1, -0.05) is 36.4 Å². The summed E-state index contributed by atoms with van der Waals surface area (Å²) in [6.07, 6.45) is 6.29. The summed E-state index contributed by atoms with van der Waals surface area (Å²) >= 11 is 0. The second kappa shape index (κ2) is 9.44. The Balaban J connectivity index is 1.57. The molecule has 152 valence electrons. The Morgan fingerprint density at radius 3 is 2.82 bits per heavy atom. The lowest BCUT2D eigenvalue weighted by Crippen LogP contribution is -2.47. The molecule has 0 bridgehead atoms. The number of amides is 1. The number of hydrogen-bond acceptors (Lipinski definition) is 6. The van der Waals surface area contributed by atoms with Gasteiger partial charge in [-0.2, -0.15) is 0 Å². The van der Waals surface area contributed by atoms with E-state index in [0.717, 1.165) is 0 Å². The maximum Gasteiger partial charge on any atom is 0.255 e. The van der Waals surface area contributed by atoms with Crippen LogP contribution in [0, 0.1) is 0 Å². The molecule has 1 aliphatic carbocycles. The van der Waals surface area contributed by atoms with E-state index in [-0.39, 0.29) is 37.0 Å². The zero-order valence-electron chi connectivity index (χ0n) is 15.5. The number of rotatable bonds is 8. The number of carbonyl (C=O) groups is 1. The van der Waals surface area contributed by atoms with E-state index in [1.54, 1.807) is 24.3 Å². The molecule has 1 heterocycles. The van der Waals surface area contributed by atoms with Crippen LogP contribution in [0.1, 0.15) is 5.56 Å². The Hall–Kier alpha value is -2.04. The topological polar surface area (TPSA) is 103 Å². The quantitative estimate of drug-likeness (QED) is 0.622. The van der Waals surface area contributed by atoms with E-state index in [4.69, 9.17) is 14.2 Å². The molecule has 1 aliphatic heterocycles. The van der Waals surface area contributed by atoms with Crippen LogP contribution in [-0.4, -0.2) is 59.5 Å². The molecular weight excluding hydrogens is 384 g/mol. The molecule has 1 saturated heterocycles. The molecule has 0 saturated carbocycles. The highest BCUT2D eigenvalue weighted by molar-refractivity contribution is 7.88. The van der Waals surface area contributed by atoms with Crippen LogP contribution in [0.4, 0.5) is 5.69 Å². The predicted molar refractivity (Wildman–Crippen MR) is 104 cm³/mol. The number of sulfonamides is 1. The van der Waals surface area contributed by atoms with Gasteiger partial charge in [-0.3, -0.25) is 4.79 Å². The third kappa shape index (κ3) is 5.73. The van der Waals surface area contributed by atoms with E-state index in [2.05, 4.69) is 10.0 Å². The highest BCUT2D eigenvalue weighted by Crippen LogP contribution is 2.21. The third-order valence-corrected chi connectivity index (χ3v) is 5.63. The summed E-state index contributed by atoms with van der Waals surface area (Å²) < 4.78 is 42.9. The van der Waals surface area contributed by atoms with E-state index in [1.165, 1.54) is 7.11 Å². The number of allylic oxidation sites excluding steroid dienone is 2. The number of nitrogens with one attached hydrogen (secondary N) is 2. The van der Waals surface area contributed by atoms with Gasteiger partial charge in [0.1, 0.15) is 12.2 Å². The van der Waals surface area contributed by atoms with Crippen LogP contribution in [0.3, 0.4) is 0 Å². The zero-order valence-corrected chi connectivity index (χ0v) is 16.4. The fourth-order valence-electron chi connectivity index (χ4n) is 2.94. The molecule has 2 N–H and O–H groups in total. The first-order chi connectivity index (χ1) is 13.5. The first-order valence-corrected chi connectivity index (χ1v) is 10.6. The molecule has 9 heteroatoms.